The zero-order chi connectivity index (χ0) is 14.8. The van der Waals surface area contributed by atoms with Crippen LogP contribution in [0.15, 0.2) is 42.5 Å². The van der Waals surface area contributed by atoms with Gasteiger partial charge in [0, 0.05) is 0 Å². The van der Waals surface area contributed by atoms with E-state index in [9.17, 15) is 4.79 Å². The molecule has 20 heavy (non-hydrogen) atoms. The Morgan fingerprint density at radius 1 is 1.15 bits per heavy atom. The van der Waals surface area contributed by atoms with Crippen molar-refractivity contribution in [2.24, 2.45) is 0 Å². The molecule has 1 aromatic carbocycles. The SMILES string of the molecule is CCOC(=O)OCC/C=C\C[Si](C)(C)c1ccccc1. The van der Waals surface area contributed by atoms with Gasteiger partial charge in [-0.3, -0.25) is 0 Å². The molecule has 3 nitrogen and oxygen atoms in total. The van der Waals surface area contributed by atoms with Crippen LogP contribution in [0.5, 0.6) is 0 Å². The van der Waals surface area contributed by atoms with Crippen molar-refractivity contribution in [2.75, 3.05) is 13.2 Å². The smallest absolute Gasteiger partial charge is 0.435 e. The average Bonchev–Trinajstić information content (AvgIpc) is 2.44. The van der Waals surface area contributed by atoms with Crippen LogP contribution >= 0.6 is 0 Å². The third-order valence-electron chi connectivity index (χ3n) is 3.12. The van der Waals surface area contributed by atoms with Gasteiger partial charge in [-0.15, -0.1) is 0 Å². The molecule has 0 radical (unpaired) electrons. The Labute approximate surface area is 122 Å². The average molecular weight is 292 g/mol. The topological polar surface area (TPSA) is 35.5 Å². The monoisotopic (exact) mass is 292 g/mol. The number of hydrogen-bond acceptors (Lipinski definition) is 3. The Morgan fingerprint density at radius 2 is 1.85 bits per heavy atom. The predicted molar refractivity (Wildman–Crippen MR) is 85.1 cm³/mol. The molecule has 4 heteroatoms. The number of hydrogen-bond donors (Lipinski definition) is 0. The highest BCUT2D eigenvalue weighted by Gasteiger charge is 2.20. The normalized spacial score (nSPS) is 11.6. The standard InChI is InChI=1S/C16H24O3Si/c1-4-18-16(17)19-13-9-6-10-14-20(2,3)15-11-7-5-8-12-15/h5-8,10-12H,4,9,13-14H2,1-3H3/b10-6-. The number of carbonyl (C=O) groups excluding carboxylic acids is 1. The van der Waals surface area contributed by atoms with Gasteiger partial charge in [0.2, 0.25) is 0 Å². The van der Waals surface area contributed by atoms with E-state index in [1.165, 1.54) is 5.19 Å². The summed E-state index contributed by atoms with van der Waals surface area (Å²) in [4.78, 5) is 11.0. The molecule has 0 amide bonds. The highest BCUT2D eigenvalue weighted by Crippen LogP contribution is 2.10. The van der Waals surface area contributed by atoms with Crippen LogP contribution in [0.25, 0.3) is 0 Å². The van der Waals surface area contributed by atoms with Gasteiger partial charge in [0.25, 0.3) is 0 Å². The molecule has 0 aliphatic heterocycles. The quantitative estimate of drug-likeness (QED) is 0.332. The maximum absolute atomic E-state index is 11.0. The Morgan fingerprint density at radius 3 is 2.50 bits per heavy atom. The van der Waals surface area contributed by atoms with Crippen molar-refractivity contribution in [1.29, 1.82) is 0 Å². The molecule has 0 atom stereocenters. The van der Waals surface area contributed by atoms with E-state index < -0.39 is 14.2 Å². The fraction of sp³-hybridized carbons (Fsp3) is 0.438. The van der Waals surface area contributed by atoms with E-state index in [4.69, 9.17) is 4.74 Å². The van der Waals surface area contributed by atoms with Crippen LogP contribution in [0, 0.1) is 0 Å². The molecule has 0 fully saturated rings. The van der Waals surface area contributed by atoms with Crippen LogP contribution in [-0.4, -0.2) is 27.4 Å². The summed E-state index contributed by atoms with van der Waals surface area (Å²) in [5.74, 6) is 0. The molecule has 1 aromatic rings. The lowest BCUT2D eigenvalue weighted by molar-refractivity contribution is 0.0604. The number of carbonyl (C=O) groups is 1. The van der Waals surface area contributed by atoms with E-state index in [1.54, 1.807) is 6.92 Å². The van der Waals surface area contributed by atoms with E-state index in [0.29, 0.717) is 13.2 Å². The van der Waals surface area contributed by atoms with Crippen LogP contribution in [0.4, 0.5) is 4.79 Å². The van der Waals surface area contributed by atoms with Gasteiger partial charge in [-0.1, -0.05) is 60.8 Å². The Kier molecular flexibility index (Phi) is 7.08. The summed E-state index contributed by atoms with van der Waals surface area (Å²) in [6.45, 7) is 7.22. The third kappa shape index (κ3) is 6.06. The van der Waals surface area contributed by atoms with Crippen molar-refractivity contribution in [3.05, 3.63) is 42.5 Å². The summed E-state index contributed by atoms with van der Waals surface area (Å²) >= 11 is 0. The molecule has 1 rings (SSSR count). The second kappa shape index (κ2) is 8.58. The lowest BCUT2D eigenvalue weighted by Gasteiger charge is -2.20. The van der Waals surface area contributed by atoms with Crippen molar-refractivity contribution >= 4 is 19.4 Å². The molecule has 0 aliphatic carbocycles. The molecule has 110 valence electrons. The fourth-order valence-electron chi connectivity index (χ4n) is 1.87. The van der Waals surface area contributed by atoms with Gasteiger partial charge in [-0.25, -0.2) is 4.79 Å². The van der Waals surface area contributed by atoms with E-state index >= 15 is 0 Å². The zero-order valence-corrected chi connectivity index (χ0v) is 13.6. The minimum atomic E-state index is -1.39. The molecular formula is C16H24O3Si. The highest BCUT2D eigenvalue weighted by atomic mass is 28.3. The second-order valence-electron chi connectivity index (χ2n) is 5.25. The lowest BCUT2D eigenvalue weighted by atomic mass is 10.4. The number of rotatable bonds is 7. The van der Waals surface area contributed by atoms with E-state index in [2.05, 4.69) is 60.3 Å². The van der Waals surface area contributed by atoms with Crippen LogP contribution in [0.1, 0.15) is 13.3 Å². The predicted octanol–water partition coefficient (Wildman–Crippen LogP) is 3.72. The van der Waals surface area contributed by atoms with Gasteiger partial charge in [-0.2, -0.15) is 0 Å². The van der Waals surface area contributed by atoms with Gasteiger partial charge < -0.3 is 9.47 Å². The summed E-state index contributed by atoms with van der Waals surface area (Å²) < 4.78 is 9.58. The van der Waals surface area contributed by atoms with Crippen molar-refractivity contribution in [1.82, 2.24) is 0 Å². The van der Waals surface area contributed by atoms with Gasteiger partial charge >= 0.3 is 6.16 Å². The van der Waals surface area contributed by atoms with Crippen LogP contribution < -0.4 is 5.19 Å². The van der Waals surface area contributed by atoms with Crippen LogP contribution in [-0.2, 0) is 9.47 Å². The summed E-state index contributed by atoms with van der Waals surface area (Å²) in [6, 6.07) is 11.8. The lowest BCUT2D eigenvalue weighted by Crippen LogP contribution is -2.40. The van der Waals surface area contributed by atoms with Crippen LogP contribution in [0.3, 0.4) is 0 Å². The van der Waals surface area contributed by atoms with Crippen LogP contribution in [0.2, 0.25) is 19.1 Å². The summed E-state index contributed by atoms with van der Waals surface area (Å²) in [5, 5.41) is 1.47. The number of benzene rings is 1. The van der Waals surface area contributed by atoms with Gasteiger partial charge in [-0.05, 0) is 19.4 Å². The molecule has 0 bridgehead atoms. The third-order valence-corrected chi connectivity index (χ3v) is 6.27. The minimum absolute atomic E-state index is 0.353. The Bertz CT molecular complexity index is 427. The highest BCUT2D eigenvalue weighted by molar-refractivity contribution is 6.90. The van der Waals surface area contributed by atoms with Gasteiger partial charge in [0.15, 0.2) is 0 Å². The molecule has 0 saturated carbocycles. The molecule has 0 saturated heterocycles. The first kappa shape index (κ1) is 16.5. The van der Waals surface area contributed by atoms with Crippen molar-refractivity contribution in [2.45, 2.75) is 32.5 Å². The molecule has 0 aromatic heterocycles. The van der Waals surface area contributed by atoms with E-state index in [0.717, 1.165) is 12.5 Å². The van der Waals surface area contributed by atoms with E-state index in [-0.39, 0.29) is 0 Å². The summed E-state index contributed by atoms with van der Waals surface area (Å²) in [7, 11) is -1.39. The van der Waals surface area contributed by atoms with Crippen molar-refractivity contribution < 1.29 is 14.3 Å². The second-order valence-corrected chi connectivity index (χ2v) is 10.00. The van der Waals surface area contributed by atoms with Gasteiger partial charge in [0.05, 0.1) is 21.3 Å². The Balaban J connectivity index is 2.29. The molecule has 0 N–H and O–H groups in total. The summed E-state index contributed by atoms with van der Waals surface area (Å²) in [5.41, 5.74) is 0. The number of ether oxygens (including phenoxy) is 2. The maximum Gasteiger partial charge on any atom is 0.508 e. The Hall–Kier alpha value is -1.55. The molecule has 0 spiro atoms. The van der Waals surface area contributed by atoms with E-state index in [1.807, 2.05) is 0 Å². The molecule has 0 unspecified atom stereocenters. The first-order chi connectivity index (χ1) is 9.56. The van der Waals surface area contributed by atoms with Crippen molar-refractivity contribution in [3.8, 4) is 0 Å². The van der Waals surface area contributed by atoms with Crippen molar-refractivity contribution in [3.63, 3.8) is 0 Å². The minimum Gasteiger partial charge on any atom is -0.435 e. The first-order valence-corrected chi connectivity index (χ1v) is 10.3. The molecule has 0 heterocycles. The first-order valence-electron chi connectivity index (χ1n) is 7.06. The molecular weight excluding hydrogens is 268 g/mol. The van der Waals surface area contributed by atoms with Gasteiger partial charge in [0.1, 0.15) is 0 Å². The fourth-order valence-corrected chi connectivity index (χ4v) is 3.96. The summed E-state index contributed by atoms with van der Waals surface area (Å²) in [6.07, 6.45) is 4.43. The largest absolute Gasteiger partial charge is 0.508 e. The maximum atomic E-state index is 11.0. The number of allylic oxidation sites excluding steroid dienone is 1. The zero-order valence-electron chi connectivity index (χ0n) is 12.6. The molecule has 0 aliphatic rings.